The van der Waals surface area contributed by atoms with E-state index < -0.39 is 30.4 Å². The maximum atomic E-state index is 12.7. The molecule has 1 aliphatic heterocycles. The highest BCUT2D eigenvalue weighted by Gasteiger charge is 2.47. The molecule has 13 heteroatoms. The van der Waals surface area contributed by atoms with Crippen molar-refractivity contribution in [3.63, 3.8) is 0 Å². The summed E-state index contributed by atoms with van der Waals surface area (Å²) in [5.74, 6) is -0.365. The highest BCUT2D eigenvalue weighted by atomic mass is 16.6. The Morgan fingerprint density at radius 1 is 1.24 bits per heavy atom. The molecule has 4 aromatic rings. The van der Waals surface area contributed by atoms with Gasteiger partial charge in [0.05, 0.1) is 29.5 Å². The van der Waals surface area contributed by atoms with E-state index in [1.165, 1.54) is 29.5 Å². The van der Waals surface area contributed by atoms with Gasteiger partial charge in [-0.2, -0.15) is 5.10 Å². The number of anilines is 1. The number of nitrogens with one attached hydrogen (secondary N) is 1. The quantitative estimate of drug-likeness (QED) is 0.298. The van der Waals surface area contributed by atoms with Gasteiger partial charge in [-0.25, -0.2) is 9.97 Å². The van der Waals surface area contributed by atoms with Gasteiger partial charge in [0.2, 0.25) is 0 Å². The Morgan fingerprint density at radius 3 is 2.82 bits per heavy atom. The zero-order valence-electron chi connectivity index (χ0n) is 17.5. The van der Waals surface area contributed by atoms with Crippen LogP contribution in [-0.2, 0) is 23.1 Å². The van der Waals surface area contributed by atoms with E-state index in [0.717, 1.165) is 0 Å². The summed E-state index contributed by atoms with van der Waals surface area (Å²) in [5.41, 5.74) is 8.28. The topological polar surface area (TPSA) is 179 Å². The molecular weight excluding hydrogens is 430 g/mol. The van der Waals surface area contributed by atoms with Crippen molar-refractivity contribution in [2.45, 2.75) is 31.1 Å². The van der Waals surface area contributed by atoms with Crippen LogP contribution in [0.3, 0.4) is 0 Å². The van der Waals surface area contributed by atoms with Gasteiger partial charge < -0.3 is 30.6 Å². The SMILES string of the molecule is Cn1ccc(-c2cn([C@@H]3O[C@H](C(=O)NCc4cnccn4)[C@@H](O)[C@H]3O)c3ncnc(N)c23)n1. The molecule has 170 valence electrons. The zero-order valence-corrected chi connectivity index (χ0v) is 17.5. The molecule has 33 heavy (non-hydrogen) atoms. The third-order valence-corrected chi connectivity index (χ3v) is 5.46. The monoisotopic (exact) mass is 451 g/mol. The molecule has 5 N–H and O–H groups in total. The number of aliphatic hydroxyl groups excluding tert-OH is 2. The molecule has 0 aliphatic carbocycles. The number of aliphatic hydroxyl groups is 2. The molecule has 1 aliphatic rings. The fourth-order valence-corrected chi connectivity index (χ4v) is 3.86. The Bertz CT molecular complexity index is 1310. The number of aryl methyl sites for hydroxylation is 1. The van der Waals surface area contributed by atoms with Crippen LogP contribution in [0.5, 0.6) is 0 Å². The molecule has 0 unspecified atom stereocenters. The average Bonchev–Trinajstić information content (AvgIpc) is 3.50. The molecule has 0 radical (unpaired) electrons. The van der Waals surface area contributed by atoms with E-state index in [1.54, 1.807) is 30.2 Å². The first kappa shape index (κ1) is 20.9. The van der Waals surface area contributed by atoms with Crippen LogP contribution in [0.2, 0.25) is 0 Å². The Labute approximate surface area is 186 Å². The second-order valence-corrected chi connectivity index (χ2v) is 7.63. The number of hydrogen-bond acceptors (Lipinski definition) is 10. The van der Waals surface area contributed by atoms with E-state index in [9.17, 15) is 15.0 Å². The lowest BCUT2D eigenvalue weighted by molar-refractivity contribution is -0.137. The minimum Gasteiger partial charge on any atom is -0.387 e. The minimum absolute atomic E-state index is 0.0973. The van der Waals surface area contributed by atoms with Crippen LogP contribution >= 0.6 is 0 Å². The number of carbonyl (C=O) groups excluding carboxylic acids is 1. The molecule has 1 saturated heterocycles. The maximum Gasteiger partial charge on any atom is 0.252 e. The lowest BCUT2D eigenvalue weighted by Gasteiger charge is -2.17. The molecular formula is C20H21N9O4. The van der Waals surface area contributed by atoms with Crippen LogP contribution in [-0.4, -0.2) is 68.7 Å². The largest absolute Gasteiger partial charge is 0.387 e. The summed E-state index contributed by atoms with van der Waals surface area (Å²) in [6.07, 6.45) is 4.00. The van der Waals surface area contributed by atoms with Gasteiger partial charge in [0.1, 0.15) is 30.0 Å². The fraction of sp³-hybridized carbons (Fsp3) is 0.300. The molecule has 5 rings (SSSR count). The highest BCUT2D eigenvalue weighted by Crippen LogP contribution is 2.37. The molecule has 0 bridgehead atoms. The molecule has 13 nitrogen and oxygen atoms in total. The van der Waals surface area contributed by atoms with Crippen molar-refractivity contribution >= 4 is 22.8 Å². The van der Waals surface area contributed by atoms with Crippen molar-refractivity contribution in [2.75, 3.05) is 5.73 Å². The van der Waals surface area contributed by atoms with Gasteiger partial charge >= 0.3 is 0 Å². The first-order valence-corrected chi connectivity index (χ1v) is 10.1. The van der Waals surface area contributed by atoms with Crippen molar-refractivity contribution in [1.82, 2.24) is 39.6 Å². The van der Waals surface area contributed by atoms with Crippen LogP contribution < -0.4 is 11.1 Å². The molecule has 0 aromatic carbocycles. The second-order valence-electron chi connectivity index (χ2n) is 7.63. The number of rotatable bonds is 5. The van der Waals surface area contributed by atoms with E-state index in [2.05, 4.69) is 30.4 Å². The highest BCUT2D eigenvalue weighted by molar-refractivity contribution is 5.99. The standard InChI is InChI=1S/C20H21N9O4/c1-28-5-2-12(27-28)11-8-29(18-13(11)17(21)25-9-26-18)20-15(31)14(30)16(33-20)19(32)24-7-10-6-22-3-4-23-10/h2-6,8-9,14-16,20,30-31H,7H2,1H3,(H,24,32)(H2,21,25,26)/t14-,15+,16-,20+/m0/s1. The fourth-order valence-electron chi connectivity index (χ4n) is 3.86. The number of nitrogens with zero attached hydrogens (tertiary/aromatic N) is 7. The van der Waals surface area contributed by atoms with Gasteiger partial charge in [-0.3, -0.25) is 19.4 Å². The van der Waals surface area contributed by atoms with E-state index in [1.807, 2.05) is 0 Å². The van der Waals surface area contributed by atoms with Crippen LogP contribution in [0.15, 0.2) is 43.4 Å². The zero-order chi connectivity index (χ0) is 23.1. The molecule has 1 amide bonds. The molecule has 4 atom stereocenters. The Morgan fingerprint density at radius 2 is 2.09 bits per heavy atom. The number of fused-ring (bicyclic) bond motifs is 1. The Hall–Kier alpha value is -3.94. The second kappa shape index (κ2) is 8.20. The third kappa shape index (κ3) is 3.67. The summed E-state index contributed by atoms with van der Waals surface area (Å²) in [6.45, 7) is 0.0973. The molecule has 5 heterocycles. The number of amides is 1. The smallest absolute Gasteiger partial charge is 0.252 e. The Kier molecular flexibility index (Phi) is 5.20. The summed E-state index contributed by atoms with van der Waals surface area (Å²) in [4.78, 5) is 29.0. The summed E-state index contributed by atoms with van der Waals surface area (Å²) in [7, 11) is 1.78. The summed E-state index contributed by atoms with van der Waals surface area (Å²) in [5, 5.41) is 28.9. The van der Waals surface area contributed by atoms with E-state index in [0.29, 0.717) is 28.0 Å². The summed E-state index contributed by atoms with van der Waals surface area (Å²) >= 11 is 0. The first-order chi connectivity index (χ1) is 15.9. The molecule has 1 fully saturated rings. The molecule has 0 saturated carbocycles. The van der Waals surface area contributed by atoms with Crippen LogP contribution in [0.1, 0.15) is 11.9 Å². The van der Waals surface area contributed by atoms with Crippen molar-refractivity contribution < 1.29 is 19.7 Å². The van der Waals surface area contributed by atoms with Gasteiger partial charge in [-0.15, -0.1) is 0 Å². The average molecular weight is 451 g/mol. The number of hydrogen-bond donors (Lipinski definition) is 4. The van der Waals surface area contributed by atoms with Crippen LogP contribution in [0.4, 0.5) is 5.82 Å². The summed E-state index contributed by atoms with van der Waals surface area (Å²) in [6, 6.07) is 1.80. The Balaban J connectivity index is 1.45. The van der Waals surface area contributed by atoms with E-state index >= 15 is 0 Å². The number of carbonyl (C=O) groups is 1. The molecule has 0 spiro atoms. The molecule has 4 aromatic heterocycles. The summed E-state index contributed by atoms with van der Waals surface area (Å²) < 4.78 is 8.98. The number of nitrogen functional groups attached to an aromatic ring is 1. The van der Waals surface area contributed by atoms with E-state index in [4.69, 9.17) is 10.5 Å². The number of aromatic nitrogens is 7. The predicted molar refractivity (Wildman–Crippen MR) is 114 cm³/mol. The lowest BCUT2D eigenvalue weighted by atomic mass is 10.1. The third-order valence-electron chi connectivity index (χ3n) is 5.46. The normalized spacial score (nSPS) is 22.6. The first-order valence-electron chi connectivity index (χ1n) is 10.1. The predicted octanol–water partition coefficient (Wildman–Crippen LogP) is -0.860. The van der Waals surface area contributed by atoms with E-state index in [-0.39, 0.29) is 12.4 Å². The van der Waals surface area contributed by atoms with Gasteiger partial charge in [0.15, 0.2) is 12.3 Å². The van der Waals surface area contributed by atoms with Crippen molar-refractivity contribution in [2.24, 2.45) is 7.05 Å². The van der Waals surface area contributed by atoms with Crippen LogP contribution in [0.25, 0.3) is 22.3 Å². The van der Waals surface area contributed by atoms with Crippen molar-refractivity contribution in [3.8, 4) is 11.3 Å². The van der Waals surface area contributed by atoms with Gasteiger partial charge in [0.25, 0.3) is 5.91 Å². The minimum atomic E-state index is -1.47. The maximum absolute atomic E-state index is 12.7. The van der Waals surface area contributed by atoms with Crippen molar-refractivity contribution in [3.05, 3.63) is 49.1 Å². The van der Waals surface area contributed by atoms with Gasteiger partial charge in [-0.1, -0.05) is 0 Å². The van der Waals surface area contributed by atoms with Crippen molar-refractivity contribution in [1.29, 1.82) is 0 Å². The van der Waals surface area contributed by atoms with Gasteiger partial charge in [0, 0.05) is 37.4 Å². The van der Waals surface area contributed by atoms with Gasteiger partial charge in [-0.05, 0) is 6.07 Å². The lowest BCUT2D eigenvalue weighted by Crippen LogP contribution is -2.42. The number of ether oxygens (including phenoxy) is 1. The van der Waals surface area contributed by atoms with Crippen LogP contribution in [0, 0.1) is 0 Å². The number of nitrogens with two attached hydrogens (primary N) is 1.